The van der Waals surface area contributed by atoms with Gasteiger partial charge in [0.1, 0.15) is 0 Å². The highest BCUT2D eigenvalue weighted by atomic mass is 16.5. The van der Waals surface area contributed by atoms with Crippen molar-refractivity contribution in [1.29, 1.82) is 0 Å². The van der Waals surface area contributed by atoms with Gasteiger partial charge >= 0.3 is 0 Å². The molecular weight excluding hydrogens is 132 g/mol. The van der Waals surface area contributed by atoms with Crippen molar-refractivity contribution < 1.29 is 14.6 Å². The molecule has 0 amide bonds. The van der Waals surface area contributed by atoms with E-state index in [1.165, 1.54) is 0 Å². The summed E-state index contributed by atoms with van der Waals surface area (Å²) in [5, 5.41) is 10.3. The Morgan fingerprint density at radius 2 is 2.40 bits per heavy atom. The largest absolute Gasteiger partial charge is 0.547 e. The number of ether oxygens (including phenoxy) is 1. The molecule has 10 heavy (non-hydrogen) atoms. The molecule has 2 atom stereocenters. The Morgan fingerprint density at radius 1 is 1.70 bits per heavy atom. The van der Waals surface area contributed by atoms with E-state index in [1.54, 1.807) is 0 Å². The Balaban J connectivity index is 2.39. The van der Waals surface area contributed by atoms with E-state index < -0.39 is 12.1 Å². The van der Waals surface area contributed by atoms with Crippen molar-refractivity contribution in [1.82, 2.24) is 0 Å². The lowest BCUT2D eigenvalue weighted by molar-refractivity contribution is -0.318. The number of aliphatic carboxylic acids is 1. The molecule has 1 heterocycles. The van der Waals surface area contributed by atoms with Crippen molar-refractivity contribution in [2.45, 2.75) is 25.9 Å². The zero-order valence-corrected chi connectivity index (χ0v) is 6.00. The van der Waals surface area contributed by atoms with E-state index in [0.717, 1.165) is 6.42 Å². The monoisotopic (exact) mass is 143 g/mol. The maximum Gasteiger partial charge on any atom is 0.0971 e. The minimum absolute atomic E-state index is 0.455. The number of carbonyl (C=O) groups excluding carboxylic acids is 1. The Morgan fingerprint density at radius 3 is 2.80 bits per heavy atom. The third-order valence-electron chi connectivity index (χ3n) is 1.81. The van der Waals surface area contributed by atoms with Gasteiger partial charge in [-0.3, -0.25) is 0 Å². The summed E-state index contributed by atoms with van der Waals surface area (Å²) in [6, 6.07) is 0. The molecule has 0 saturated carbocycles. The number of carboxylic acid groups (broad SMARTS) is 1. The summed E-state index contributed by atoms with van der Waals surface area (Å²) in [7, 11) is 0. The first-order valence-electron chi connectivity index (χ1n) is 3.52. The summed E-state index contributed by atoms with van der Waals surface area (Å²) in [6.45, 7) is 2.58. The fourth-order valence-electron chi connectivity index (χ4n) is 1.13. The lowest BCUT2D eigenvalue weighted by Crippen LogP contribution is -2.41. The molecule has 0 spiro atoms. The van der Waals surface area contributed by atoms with Crippen LogP contribution in [0.3, 0.4) is 0 Å². The van der Waals surface area contributed by atoms with Gasteiger partial charge in [0.2, 0.25) is 0 Å². The average Bonchev–Trinajstić information content (AvgIpc) is 1.88. The van der Waals surface area contributed by atoms with Crippen LogP contribution in [0.4, 0.5) is 0 Å². The van der Waals surface area contributed by atoms with Gasteiger partial charge in [-0.05, 0) is 18.8 Å². The number of carbonyl (C=O) groups is 1. The Kier molecular flexibility index (Phi) is 2.27. The molecule has 1 aliphatic heterocycles. The number of carboxylic acids is 1. The predicted octanol–water partition coefficient (Wildman–Crippen LogP) is -0.449. The molecule has 1 aliphatic rings. The molecule has 0 aromatic carbocycles. The fraction of sp³-hybridized carbons (Fsp3) is 0.857. The number of rotatable bonds is 1. The minimum Gasteiger partial charge on any atom is -0.547 e. The smallest absolute Gasteiger partial charge is 0.0971 e. The molecule has 0 aliphatic carbocycles. The van der Waals surface area contributed by atoms with Crippen molar-refractivity contribution in [2.75, 3.05) is 6.61 Å². The summed E-state index contributed by atoms with van der Waals surface area (Å²) in [6.07, 6.45) is 0.898. The van der Waals surface area contributed by atoms with E-state index in [-0.39, 0.29) is 0 Å². The van der Waals surface area contributed by atoms with E-state index >= 15 is 0 Å². The van der Waals surface area contributed by atoms with Crippen LogP contribution in [0.5, 0.6) is 0 Å². The molecule has 2 unspecified atom stereocenters. The summed E-state index contributed by atoms with van der Waals surface area (Å²) in [5.41, 5.74) is 0. The summed E-state index contributed by atoms with van der Waals surface area (Å²) in [4.78, 5) is 10.3. The van der Waals surface area contributed by atoms with Gasteiger partial charge in [-0.1, -0.05) is 6.92 Å². The van der Waals surface area contributed by atoms with Crippen molar-refractivity contribution in [3.05, 3.63) is 0 Å². The van der Waals surface area contributed by atoms with Gasteiger partial charge in [-0.15, -0.1) is 0 Å². The normalized spacial score (nSPS) is 33.7. The van der Waals surface area contributed by atoms with Gasteiger partial charge in [-0.2, -0.15) is 0 Å². The van der Waals surface area contributed by atoms with Crippen LogP contribution in [-0.2, 0) is 9.53 Å². The highest BCUT2D eigenvalue weighted by Crippen LogP contribution is 2.18. The summed E-state index contributed by atoms with van der Waals surface area (Å²) >= 11 is 0. The highest BCUT2D eigenvalue weighted by Gasteiger charge is 2.19. The maximum absolute atomic E-state index is 10.3. The van der Waals surface area contributed by atoms with Crippen molar-refractivity contribution in [3.8, 4) is 0 Å². The first kappa shape index (κ1) is 7.54. The molecule has 1 saturated heterocycles. The van der Waals surface area contributed by atoms with Gasteiger partial charge in [-0.25, -0.2) is 0 Å². The average molecular weight is 143 g/mol. The molecule has 1 rings (SSSR count). The van der Waals surface area contributed by atoms with Crippen molar-refractivity contribution in [2.24, 2.45) is 5.92 Å². The zero-order chi connectivity index (χ0) is 7.56. The lowest BCUT2D eigenvalue weighted by Gasteiger charge is -2.27. The fourth-order valence-corrected chi connectivity index (χ4v) is 1.13. The zero-order valence-electron chi connectivity index (χ0n) is 6.00. The maximum atomic E-state index is 10.3. The van der Waals surface area contributed by atoms with Gasteiger partial charge in [0.25, 0.3) is 0 Å². The second-order valence-corrected chi connectivity index (χ2v) is 2.81. The molecule has 0 bridgehead atoms. The Hall–Kier alpha value is -0.570. The Bertz CT molecular complexity index is 133. The molecule has 0 aromatic rings. The van der Waals surface area contributed by atoms with Crippen LogP contribution >= 0.6 is 0 Å². The third-order valence-corrected chi connectivity index (χ3v) is 1.81. The van der Waals surface area contributed by atoms with Crippen LogP contribution in [0, 0.1) is 5.92 Å². The van der Waals surface area contributed by atoms with E-state index in [1.807, 2.05) is 6.92 Å². The molecule has 1 fully saturated rings. The highest BCUT2D eigenvalue weighted by molar-refractivity contribution is 5.70. The first-order chi connectivity index (χ1) is 4.70. The van der Waals surface area contributed by atoms with Crippen LogP contribution in [0.2, 0.25) is 0 Å². The van der Waals surface area contributed by atoms with Crippen LogP contribution in [0.25, 0.3) is 0 Å². The van der Waals surface area contributed by atoms with E-state index in [9.17, 15) is 9.90 Å². The van der Waals surface area contributed by atoms with Gasteiger partial charge in [0, 0.05) is 6.61 Å². The third kappa shape index (κ3) is 1.70. The van der Waals surface area contributed by atoms with E-state index in [2.05, 4.69) is 0 Å². The number of hydrogen-bond donors (Lipinski definition) is 0. The van der Waals surface area contributed by atoms with E-state index in [0.29, 0.717) is 18.9 Å². The van der Waals surface area contributed by atoms with E-state index in [4.69, 9.17) is 4.74 Å². The van der Waals surface area contributed by atoms with Crippen LogP contribution < -0.4 is 5.11 Å². The van der Waals surface area contributed by atoms with Crippen LogP contribution in [0.15, 0.2) is 0 Å². The van der Waals surface area contributed by atoms with Crippen molar-refractivity contribution >= 4 is 5.97 Å². The quantitative estimate of drug-likeness (QED) is 0.499. The SMILES string of the molecule is CC1CCOC(C(=O)[O-])C1. The Labute approximate surface area is 60.0 Å². The minimum atomic E-state index is -1.08. The first-order valence-corrected chi connectivity index (χ1v) is 3.52. The van der Waals surface area contributed by atoms with Crippen molar-refractivity contribution in [3.63, 3.8) is 0 Å². The number of hydrogen-bond acceptors (Lipinski definition) is 3. The molecule has 0 aromatic heterocycles. The molecule has 0 radical (unpaired) electrons. The second-order valence-electron chi connectivity index (χ2n) is 2.81. The predicted molar refractivity (Wildman–Crippen MR) is 33.1 cm³/mol. The van der Waals surface area contributed by atoms with Gasteiger partial charge < -0.3 is 14.6 Å². The van der Waals surface area contributed by atoms with Crippen LogP contribution in [0.1, 0.15) is 19.8 Å². The summed E-state index contributed by atoms with van der Waals surface area (Å²) < 4.78 is 4.95. The standard InChI is InChI=1S/C7H12O3/c1-5-2-3-10-6(4-5)7(8)9/h5-6H,2-4H2,1H3,(H,8,9)/p-1. The molecule has 0 N–H and O–H groups in total. The van der Waals surface area contributed by atoms with Crippen LogP contribution in [-0.4, -0.2) is 18.7 Å². The second kappa shape index (κ2) is 3.01. The van der Waals surface area contributed by atoms with Gasteiger partial charge in [0.15, 0.2) is 0 Å². The topological polar surface area (TPSA) is 49.4 Å². The molecule has 58 valence electrons. The summed E-state index contributed by atoms with van der Waals surface area (Å²) in [5.74, 6) is -0.622. The molecule has 3 nitrogen and oxygen atoms in total. The molecular formula is C7H11O3-. The molecule has 3 heteroatoms. The van der Waals surface area contributed by atoms with Gasteiger partial charge in [0.05, 0.1) is 12.1 Å². The lowest BCUT2D eigenvalue weighted by atomic mass is 9.98.